The maximum atomic E-state index is 13.3. The predicted molar refractivity (Wildman–Crippen MR) is 160 cm³/mol. The van der Waals surface area contributed by atoms with Crippen LogP contribution in [0, 0.1) is 0 Å². The smallest absolute Gasteiger partial charge is 0.321 e. The summed E-state index contributed by atoms with van der Waals surface area (Å²) >= 11 is 1.32. The summed E-state index contributed by atoms with van der Waals surface area (Å²) in [5.74, 6) is -1.07. The number of sulfonamides is 1. The SMILES string of the molecule is CCCN1CCc2c(sc(NC(=O)c3ccc(S(=O)(=O)N(CC)Cc4ccccc4)cc3)c2C(=O)NC(=O)NC)C1. The van der Waals surface area contributed by atoms with Gasteiger partial charge in [-0.2, -0.15) is 4.31 Å². The third kappa shape index (κ3) is 7.02. The van der Waals surface area contributed by atoms with Gasteiger partial charge >= 0.3 is 6.03 Å². The minimum absolute atomic E-state index is 0.0834. The molecule has 0 aliphatic carbocycles. The summed E-state index contributed by atoms with van der Waals surface area (Å²) in [6.07, 6.45) is 1.63. The summed E-state index contributed by atoms with van der Waals surface area (Å²) < 4.78 is 28.0. The van der Waals surface area contributed by atoms with Gasteiger partial charge < -0.3 is 10.6 Å². The molecule has 4 rings (SSSR count). The predicted octanol–water partition coefficient (Wildman–Crippen LogP) is 4.05. The Morgan fingerprint density at radius 2 is 1.71 bits per heavy atom. The molecule has 3 N–H and O–H groups in total. The number of thiophene rings is 1. The van der Waals surface area contributed by atoms with Gasteiger partial charge in [0.2, 0.25) is 10.0 Å². The molecule has 1 aromatic heterocycles. The molecule has 1 aliphatic rings. The topological polar surface area (TPSA) is 128 Å². The van der Waals surface area contributed by atoms with Gasteiger partial charge in [0, 0.05) is 43.7 Å². The monoisotopic (exact) mass is 597 g/mol. The van der Waals surface area contributed by atoms with Crippen molar-refractivity contribution in [3.05, 3.63) is 81.7 Å². The van der Waals surface area contributed by atoms with Crippen LogP contribution in [-0.4, -0.2) is 62.2 Å². The van der Waals surface area contributed by atoms with Crippen molar-refractivity contribution in [1.29, 1.82) is 0 Å². The number of nitrogens with zero attached hydrogens (tertiary/aromatic N) is 2. The number of amides is 4. The fraction of sp³-hybridized carbons (Fsp3) is 0.345. The van der Waals surface area contributed by atoms with Crippen LogP contribution in [0.5, 0.6) is 0 Å². The van der Waals surface area contributed by atoms with E-state index < -0.39 is 27.9 Å². The van der Waals surface area contributed by atoms with Crippen molar-refractivity contribution >= 4 is 44.2 Å². The van der Waals surface area contributed by atoms with E-state index in [2.05, 4.69) is 27.8 Å². The average Bonchev–Trinajstić information content (AvgIpc) is 3.33. The molecule has 0 saturated heterocycles. The standard InChI is InChI=1S/C29H35N5O5S2/c1-4-16-33-17-15-23-24(19-33)40-28(25(23)27(36)32-29(37)30-3)31-26(35)21-11-13-22(14-12-21)41(38,39)34(5-2)18-20-9-7-6-8-10-20/h6-14H,4-5,15-19H2,1-3H3,(H,31,35)(H2,30,32,36,37). The van der Waals surface area contributed by atoms with Gasteiger partial charge in [-0.25, -0.2) is 13.2 Å². The van der Waals surface area contributed by atoms with Crippen molar-refractivity contribution in [2.75, 3.05) is 32.0 Å². The Bertz CT molecular complexity index is 1500. The highest BCUT2D eigenvalue weighted by Gasteiger charge is 2.30. The van der Waals surface area contributed by atoms with Crippen molar-refractivity contribution < 1.29 is 22.8 Å². The number of carbonyl (C=O) groups excluding carboxylic acids is 3. The van der Waals surface area contributed by atoms with E-state index in [1.54, 1.807) is 6.92 Å². The fourth-order valence-corrected chi connectivity index (χ4v) is 7.50. The highest BCUT2D eigenvalue weighted by molar-refractivity contribution is 7.89. The van der Waals surface area contributed by atoms with Crippen LogP contribution in [0.3, 0.4) is 0 Å². The van der Waals surface area contributed by atoms with E-state index in [-0.39, 0.29) is 22.6 Å². The molecular formula is C29H35N5O5S2. The number of hydrogen-bond acceptors (Lipinski definition) is 7. The second kappa shape index (κ2) is 13.4. The molecule has 0 bridgehead atoms. The van der Waals surface area contributed by atoms with E-state index in [9.17, 15) is 22.8 Å². The first-order valence-electron chi connectivity index (χ1n) is 13.5. The summed E-state index contributed by atoms with van der Waals surface area (Å²) in [5, 5.41) is 7.88. The molecule has 10 nitrogen and oxygen atoms in total. The van der Waals surface area contributed by atoms with Crippen LogP contribution in [0.1, 0.15) is 57.0 Å². The van der Waals surface area contributed by atoms with Crippen LogP contribution in [0.4, 0.5) is 9.80 Å². The Labute approximate surface area is 244 Å². The van der Waals surface area contributed by atoms with Gasteiger partial charge in [-0.1, -0.05) is 44.2 Å². The Balaban J connectivity index is 1.56. The highest BCUT2D eigenvalue weighted by Crippen LogP contribution is 2.37. The van der Waals surface area contributed by atoms with Gasteiger partial charge in [-0.3, -0.25) is 19.8 Å². The Hall–Kier alpha value is -3.58. The number of fused-ring (bicyclic) bond motifs is 1. The average molecular weight is 598 g/mol. The van der Waals surface area contributed by atoms with Crippen LogP contribution < -0.4 is 16.0 Å². The molecule has 2 heterocycles. The number of hydrogen-bond donors (Lipinski definition) is 3. The lowest BCUT2D eigenvalue weighted by molar-refractivity contribution is 0.0964. The van der Waals surface area contributed by atoms with Crippen molar-refractivity contribution in [2.45, 2.75) is 44.7 Å². The van der Waals surface area contributed by atoms with E-state index >= 15 is 0 Å². The van der Waals surface area contributed by atoms with Crippen molar-refractivity contribution in [2.24, 2.45) is 0 Å². The molecule has 1 aliphatic heterocycles. The summed E-state index contributed by atoms with van der Waals surface area (Å²) in [6.45, 7) is 6.78. The highest BCUT2D eigenvalue weighted by atomic mass is 32.2. The number of anilines is 1. The quantitative estimate of drug-likeness (QED) is 0.324. The minimum atomic E-state index is -3.79. The second-order valence-corrected chi connectivity index (χ2v) is 12.7. The molecule has 0 fully saturated rings. The van der Waals surface area contributed by atoms with E-state index in [0.29, 0.717) is 24.5 Å². The number of rotatable bonds is 10. The molecule has 0 atom stereocenters. The summed E-state index contributed by atoms with van der Waals surface area (Å²) in [4.78, 5) is 41.5. The van der Waals surface area contributed by atoms with Gasteiger partial charge in [0.05, 0.1) is 10.5 Å². The first-order valence-corrected chi connectivity index (χ1v) is 15.8. The molecule has 3 aromatic rings. The number of urea groups is 1. The van der Waals surface area contributed by atoms with Crippen LogP contribution >= 0.6 is 11.3 Å². The van der Waals surface area contributed by atoms with Crippen LogP contribution in [-0.2, 0) is 29.5 Å². The maximum Gasteiger partial charge on any atom is 0.321 e. The minimum Gasteiger partial charge on any atom is -0.341 e. The molecule has 218 valence electrons. The lowest BCUT2D eigenvalue weighted by Crippen LogP contribution is -2.38. The van der Waals surface area contributed by atoms with Crippen LogP contribution in [0.15, 0.2) is 59.5 Å². The van der Waals surface area contributed by atoms with Gasteiger partial charge in [0.1, 0.15) is 5.00 Å². The summed E-state index contributed by atoms with van der Waals surface area (Å²) in [7, 11) is -2.37. The molecular weight excluding hydrogens is 562 g/mol. The van der Waals surface area contributed by atoms with Gasteiger partial charge in [-0.05, 0) is 54.8 Å². The van der Waals surface area contributed by atoms with Crippen molar-refractivity contribution in [3.8, 4) is 0 Å². The molecule has 0 saturated carbocycles. The Morgan fingerprint density at radius 3 is 2.34 bits per heavy atom. The van der Waals surface area contributed by atoms with E-state index in [1.807, 2.05) is 30.3 Å². The fourth-order valence-electron chi connectivity index (χ4n) is 4.78. The molecule has 41 heavy (non-hydrogen) atoms. The number of benzene rings is 2. The molecule has 2 aromatic carbocycles. The van der Waals surface area contributed by atoms with Crippen molar-refractivity contribution in [1.82, 2.24) is 19.8 Å². The zero-order chi connectivity index (χ0) is 29.6. The lowest BCUT2D eigenvalue weighted by Gasteiger charge is -2.26. The van der Waals surface area contributed by atoms with Crippen LogP contribution in [0.2, 0.25) is 0 Å². The van der Waals surface area contributed by atoms with E-state index in [1.165, 1.54) is 47.0 Å². The number of imide groups is 1. The molecule has 0 spiro atoms. The molecule has 12 heteroatoms. The van der Waals surface area contributed by atoms with Gasteiger partial charge in [0.15, 0.2) is 0 Å². The lowest BCUT2D eigenvalue weighted by atomic mass is 10.0. The van der Waals surface area contributed by atoms with Gasteiger partial charge in [0.25, 0.3) is 11.8 Å². The summed E-state index contributed by atoms with van der Waals surface area (Å²) in [5.41, 5.74) is 2.24. The zero-order valence-electron chi connectivity index (χ0n) is 23.4. The third-order valence-corrected chi connectivity index (χ3v) is 9.96. The largest absolute Gasteiger partial charge is 0.341 e. The number of carbonyl (C=O) groups is 3. The first-order chi connectivity index (χ1) is 19.7. The third-order valence-electron chi connectivity index (χ3n) is 6.89. The maximum absolute atomic E-state index is 13.3. The van der Waals surface area contributed by atoms with Crippen molar-refractivity contribution in [3.63, 3.8) is 0 Å². The Kier molecular flexibility index (Phi) is 9.92. The molecule has 4 amide bonds. The summed E-state index contributed by atoms with van der Waals surface area (Å²) in [6, 6.07) is 14.5. The zero-order valence-corrected chi connectivity index (χ0v) is 25.0. The van der Waals surface area contributed by atoms with E-state index in [4.69, 9.17) is 0 Å². The first kappa shape index (κ1) is 30.4. The van der Waals surface area contributed by atoms with Gasteiger partial charge in [-0.15, -0.1) is 11.3 Å². The normalized spacial score (nSPS) is 13.5. The number of nitrogens with one attached hydrogen (secondary N) is 3. The molecule has 0 radical (unpaired) electrons. The molecule has 0 unspecified atom stereocenters. The second-order valence-electron chi connectivity index (χ2n) is 9.66. The van der Waals surface area contributed by atoms with Crippen LogP contribution in [0.25, 0.3) is 0 Å². The van der Waals surface area contributed by atoms with E-state index in [0.717, 1.165) is 35.5 Å². The Morgan fingerprint density at radius 1 is 1.00 bits per heavy atom.